The summed E-state index contributed by atoms with van der Waals surface area (Å²) in [6.45, 7) is 11.8. The number of hydrogen-bond acceptors (Lipinski definition) is 12. The average molecular weight is 773 g/mol. The number of benzene rings is 4. The van der Waals surface area contributed by atoms with E-state index in [0.29, 0.717) is 84.6 Å². The third-order valence-electron chi connectivity index (χ3n) is 10.2. The fourth-order valence-corrected chi connectivity index (χ4v) is 7.44. The molecule has 302 valence electrons. The summed E-state index contributed by atoms with van der Waals surface area (Å²) < 4.78 is 9.39. The number of phenols is 6. The molecule has 0 fully saturated rings. The van der Waals surface area contributed by atoms with E-state index in [1.54, 1.807) is 13.8 Å². The predicted octanol–water partition coefficient (Wildman–Crippen LogP) is 9.06. The largest absolute Gasteiger partial charge is 0.507 e. The second-order valence-electron chi connectivity index (χ2n) is 14.9. The molecule has 0 aliphatic heterocycles. The first-order chi connectivity index (χ1) is 26.6. The van der Waals surface area contributed by atoms with Gasteiger partial charge in [0, 0.05) is 82.5 Å². The zero-order valence-corrected chi connectivity index (χ0v) is 33.7. The Morgan fingerprint density at radius 2 is 0.929 bits per heavy atom. The summed E-state index contributed by atoms with van der Waals surface area (Å²) >= 11 is 0. The predicted molar refractivity (Wildman–Crippen MR) is 220 cm³/mol. The fraction of sp³-hybridized carbons (Fsp3) is 0.455. The standard InChI is InChI=1S/C44H56N2O10/c1-23(2)33-27-19-25(5)35(41(51)37(27)29(39(49)43(33)53)21-45-17-13-9-11-15-31(47)55-7)36-26(6)20-28-34(24(3)4)44(54)40(50)30(38(28)42(36)52)22-46-18-14-10-12-16-32(48)56-8/h19-24,49-54H,9-18H2,1-8H3. The van der Waals surface area contributed by atoms with Crippen LogP contribution in [-0.4, -0.2) is 82.3 Å². The number of aromatic hydroxyl groups is 6. The highest BCUT2D eigenvalue weighted by Gasteiger charge is 2.29. The molecule has 0 aliphatic rings. The van der Waals surface area contributed by atoms with Crippen LogP contribution in [-0.2, 0) is 19.1 Å². The number of aliphatic imine (C=N–C) groups is 2. The van der Waals surface area contributed by atoms with Crippen LogP contribution in [0.1, 0.15) is 124 Å². The minimum atomic E-state index is -0.439. The molecule has 0 aromatic heterocycles. The maximum atomic E-state index is 12.3. The maximum absolute atomic E-state index is 12.3. The Morgan fingerprint density at radius 1 is 0.571 bits per heavy atom. The van der Waals surface area contributed by atoms with Gasteiger partial charge in [-0.3, -0.25) is 19.6 Å². The second-order valence-corrected chi connectivity index (χ2v) is 14.9. The van der Waals surface area contributed by atoms with Crippen molar-refractivity contribution in [3.63, 3.8) is 0 Å². The second kappa shape index (κ2) is 18.9. The molecule has 0 spiro atoms. The van der Waals surface area contributed by atoms with E-state index >= 15 is 0 Å². The summed E-state index contributed by atoms with van der Waals surface area (Å²) in [5, 5.41) is 71.3. The molecule has 0 bridgehead atoms. The zero-order valence-electron chi connectivity index (χ0n) is 33.7. The monoisotopic (exact) mass is 772 g/mol. The number of rotatable bonds is 17. The summed E-state index contributed by atoms with van der Waals surface area (Å²) in [4.78, 5) is 31.9. The van der Waals surface area contributed by atoms with E-state index in [2.05, 4.69) is 9.98 Å². The first kappa shape index (κ1) is 43.2. The number of unbranched alkanes of at least 4 members (excludes halogenated alkanes) is 4. The first-order valence-corrected chi connectivity index (χ1v) is 19.2. The Balaban J connectivity index is 1.93. The summed E-state index contributed by atoms with van der Waals surface area (Å²) in [7, 11) is 2.70. The number of methoxy groups -OCH3 is 2. The van der Waals surface area contributed by atoms with Crippen molar-refractivity contribution < 1.29 is 49.7 Å². The van der Waals surface area contributed by atoms with Crippen LogP contribution in [0.4, 0.5) is 0 Å². The van der Waals surface area contributed by atoms with E-state index in [-0.39, 0.29) is 79.8 Å². The van der Waals surface area contributed by atoms with Gasteiger partial charge in [0.2, 0.25) is 0 Å². The number of carbonyl (C=O) groups is 2. The summed E-state index contributed by atoms with van der Waals surface area (Å²) in [5.41, 5.74) is 2.79. The van der Waals surface area contributed by atoms with Gasteiger partial charge in [-0.25, -0.2) is 0 Å². The molecular weight excluding hydrogens is 716 g/mol. The number of fused-ring (bicyclic) bond motifs is 2. The van der Waals surface area contributed by atoms with Gasteiger partial charge in [0.25, 0.3) is 0 Å². The molecule has 0 saturated carbocycles. The normalized spacial score (nSPS) is 12.0. The number of esters is 2. The SMILES string of the molecule is COC(=O)CCCCCN=Cc1c(O)c(O)c(C(C)C)c2cc(C)c(-c3c(C)cc4c(C(C)C)c(O)c(O)c(C=NCCCCCC(=O)OC)c4c3O)c(O)c12. The van der Waals surface area contributed by atoms with Crippen molar-refractivity contribution in [1.82, 2.24) is 0 Å². The summed E-state index contributed by atoms with van der Waals surface area (Å²) in [6, 6.07) is 3.62. The van der Waals surface area contributed by atoms with Crippen LogP contribution in [0.15, 0.2) is 22.1 Å². The highest BCUT2D eigenvalue weighted by Crippen LogP contribution is 2.54. The van der Waals surface area contributed by atoms with Crippen molar-refractivity contribution in [1.29, 1.82) is 0 Å². The van der Waals surface area contributed by atoms with Gasteiger partial charge in [-0.15, -0.1) is 0 Å². The van der Waals surface area contributed by atoms with E-state index < -0.39 is 11.5 Å². The van der Waals surface area contributed by atoms with Crippen molar-refractivity contribution in [3.8, 4) is 45.6 Å². The van der Waals surface area contributed by atoms with Gasteiger partial charge in [-0.1, -0.05) is 52.7 Å². The van der Waals surface area contributed by atoms with Crippen molar-refractivity contribution in [2.45, 2.75) is 105 Å². The van der Waals surface area contributed by atoms with Crippen LogP contribution in [0.5, 0.6) is 34.5 Å². The molecule has 0 saturated heterocycles. The lowest BCUT2D eigenvalue weighted by Gasteiger charge is -2.23. The van der Waals surface area contributed by atoms with E-state index in [0.717, 1.165) is 12.8 Å². The number of nitrogens with zero attached hydrogens (tertiary/aromatic N) is 2. The van der Waals surface area contributed by atoms with Crippen LogP contribution in [0, 0.1) is 13.8 Å². The number of aryl methyl sites for hydroxylation is 2. The molecule has 0 heterocycles. The van der Waals surface area contributed by atoms with E-state index in [1.165, 1.54) is 26.6 Å². The molecule has 12 nitrogen and oxygen atoms in total. The zero-order chi connectivity index (χ0) is 41.4. The van der Waals surface area contributed by atoms with E-state index in [1.807, 2.05) is 39.8 Å². The lowest BCUT2D eigenvalue weighted by atomic mass is 9.83. The molecule has 0 amide bonds. The molecule has 0 radical (unpaired) electrons. The summed E-state index contributed by atoms with van der Waals surface area (Å²) in [5.74, 6) is -3.04. The minimum absolute atomic E-state index is 0.109. The van der Waals surface area contributed by atoms with E-state index in [9.17, 15) is 40.2 Å². The highest BCUT2D eigenvalue weighted by molar-refractivity contribution is 6.15. The van der Waals surface area contributed by atoms with Gasteiger partial charge in [0.05, 0.1) is 14.2 Å². The van der Waals surface area contributed by atoms with Crippen LogP contribution in [0.2, 0.25) is 0 Å². The Labute approximate surface area is 328 Å². The van der Waals surface area contributed by atoms with Crippen molar-refractivity contribution in [2.24, 2.45) is 9.98 Å². The third-order valence-corrected chi connectivity index (χ3v) is 10.2. The first-order valence-electron chi connectivity index (χ1n) is 19.2. The van der Waals surface area contributed by atoms with Gasteiger partial charge in [0.1, 0.15) is 11.5 Å². The molecule has 56 heavy (non-hydrogen) atoms. The molecular formula is C44H56N2O10. The van der Waals surface area contributed by atoms with E-state index in [4.69, 9.17) is 9.47 Å². The van der Waals surface area contributed by atoms with Crippen LogP contribution >= 0.6 is 0 Å². The lowest BCUT2D eigenvalue weighted by molar-refractivity contribution is -0.141. The Morgan fingerprint density at radius 3 is 1.25 bits per heavy atom. The average Bonchev–Trinajstić information content (AvgIpc) is 3.14. The molecule has 6 N–H and O–H groups in total. The van der Waals surface area contributed by atoms with Crippen LogP contribution < -0.4 is 0 Å². The Bertz CT molecular complexity index is 2020. The van der Waals surface area contributed by atoms with Crippen molar-refractivity contribution in [2.75, 3.05) is 27.3 Å². The van der Waals surface area contributed by atoms with Crippen molar-refractivity contribution in [3.05, 3.63) is 45.5 Å². The Hall–Kier alpha value is -5.52. The lowest BCUT2D eigenvalue weighted by Crippen LogP contribution is -2.01. The van der Waals surface area contributed by atoms with Crippen LogP contribution in [0.3, 0.4) is 0 Å². The molecule has 4 rings (SSSR count). The number of phenolic OH excluding ortho intramolecular Hbond substituents is 6. The topological polar surface area (TPSA) is 199 Å². The molecule has 0 unspecified atom stereocenters. The minimum Gasteiger partial charge on any atom is -0.507 e. The van der Waals surface area contributed by atoms with Gasteiger partial charge >= 0.3 is 11.9 Å². The molecule has 12 heteroatoms. The number of ether oxygens (including phenoxy) is 2. The smallest absolute Gasteiger partial charge is 0.305 e. The quantitative estimate of drug-likeness (QED) is 0.0260. The summed E-state index contributed by atoms with van der Waals surface area (Å²) in [6.07, 6.45) is 7.50. The van der Waals surface area contributed by atoms with Gasteiger partial charge in [-0.2, -0.15) is 0 Å². The number of hydrogen-bond donors (Lipinski definition) is 6. The maximum Gasteiger partial charge on any atom is 0.305 e. The van der Waals surface area contributed by atoms with Crippen LogP contribution in [0.25, 0.3) is 32.7 Å². The Kier molecular flexibility index (Phi) is 14.6. The molecule has 0 atom stereocenters. The fourth-order valence-electron chi connectivity index (χ4n) is 7.44. The molecule has 4 aromatic rings. The van der Waals surface area contributed by atoms with Gasteiger partial charge in [0.15, 0.2) is 23.0 Å². The molecule has 0 aliphatic carbocycles. The number of carbonyl (C=O) groups excluding carboxylic acids is 2. The van der Waals surface area contributed by atoms with Gasteiger partial charge < -0.3 is 40.1 Å². The third kappa shape index (κ3) is 8.95. The van der Waals surface area contributed by atoms with Gasteiger partial charge in [-0.05, 0) is 73.3 Å². The molecule has 4 aromatic carbocycles. The highest BCUT2D eigenvalue weighted by atomic mass is 16.5. The van der Waals surface area contributed by atoms with Crippen molar-refractivity contribution >= 4 is 45.9 Å².